The zero-order valence-corrected chi connectivity index (χ0v) is 13.6. The summed E-state index contributed by atoms with van der Waals surface area (Å²) in [6, 6.07) is 8.50. The highest BCUT2D eigenvalue weighted by atomic mass is 16.6. The number of rotatable bonds is 3. The number of carbonyl (C=O) groups excluding carboxylic acids is 1. The molecule has 1 aromatic carbocycles. The van der Waals surface area contributed by atoms with Crippen LogP contribution in [0.5, 0.6) is 0 Å². The topological polar surface area (TPSA) is 35.5 Å². The highest BCUT2D eigenvalue weighted by Gasteiger charge is 2.47. The van der Waals surface area contributed by atoms with Gasteiger partial charge in [-0.25, -0.2) is 0 Å². The number of hydrogen-bond acceptors (Lipinski definition) is 3. The van der Waals surface area contributed by atoms with E-state index < -0.39 is 5.60 Å². The Hall–Kier alpha value is -1.35. The molecule has 0 aromatic heterocycles. The molecule has 0 amide bonds. The summed E-state index contributed by atoms with van der Waals surface area (Å²) in [5.74, 6) is 0.0765. The zero-order valence-electron chi connectivity index (χ0n) is 13.6. The maximum absolute atomic E-state index is 12.4. The molecule has 1 heterocycles. The quantitative estimate of drug-likeness (QED) is 0.628. The molecule has 120 valence electrons. The van der Waals surface area contributed by atoms with E-state index in [1.165, 1.54) is 11.1 Å². The van der Waals surface area contributed by atoms with Gasteiger partial charge in [-0.05, 0) is 43.2 Å². The van der Waals surface area contributed by atoms with Gasteiger partial charge >= 0.3 is 5.97 Å². The Labute approximate surface area is 133 Å². The summed E-state index contributed by atoms with van der Waals surface area (Å²) in [6.07, 6.45) is 5.21. The summed E-state index contributed by atoms with van der Waals surface area (Å²) in [6.45, 7) is 5.28. The van der Waals surface area contributed by atoms with Crippen LogP contribution in [0.25, 0.3) is 0 Å². The Balaban J connectivity index is 2.06. The first kappa shape index (κ1) is 15.5. The van der Waals surface area contributed by atoms with Crippen LogP contribution in [0.1, 0.15) is 50.7 Å². The normalized spacial score (nSPS) is 28.2. The second-order valence-electron chi connectivity index (χ2n) is 6.89. The van der Waals surface area contributed by atoms with Crippen LogP contribution in [-0.2, 0) is 26.3 Å². The molecular formula is C19H26O3. The number of esters is 1. The minimum atomic E-state index is -0.495. The summed E-state index contributed by atoms with van der Waals surface area (Å²) in [7, 11) is 0. The lowest BCUT2D eigenvalue weighted by molar-refractivity contribution is -0.174. The Morgan fingerprint density at radius 2 is 2.14 bits per heavy atom. The molecule has 1 aromatic rings. The van der Waals surface area contributed by atoms with Gasteiger partial charge in [0.25, 0.3) is 0 Å². The third-order valence-electron chi connectivity index (χ3n) is 5.06. The fraction of sp³-hybridized carbons (Fsp3) is 0.632. The highest BCUT2D eigenvalue weighted by Crippen LogP contribution is 2.46. The molecule has 0 radical (unpaired) electrons. The second kappa shape index (κ2) is 6.41. The van der Waals surface area contributed by atoms with E-state index in [0.29, 0.717) is 6.61 Å². The minimum absolute atomic E-state index is 0.0939. The van der Waals surface area contributed by atoms with Gasteiger partial charge in [0.1, 0.15) is 5.60 Å². The van der Waals surface area contributed by atoms with Gasteiger partial charge in [0.2, 0.25) is 0 Å². The number of benzene rings is 1. The molecule has 0 bridgehead atoms. The van der Waals surface area contributed by atoms with Gasteiger partial charge in [-0.2, -0.15) is 0 Å². The van der Waals surface area contributed by atoms with Crippen molar-refractivity contribution in [3.8, 4) is 0 Å². The molecule has 1 aliphatic heterocycles. The van der Waals surface area contributed by atoms with E-state index in [2.05, 4.69) is 24.3 Å². The fourth-order valence-electron chi connectivity index (χ4n) is 3.80. The van der Waals surface area contributed by atoms with Crippen molar-refractivity contribution in [3.05, 3.63) is 35.4 Å². The maximum Gasteiger partial charge on any atom is 0.309 e. The molecule has 2 unspecified atom stereocenters. The smallest absolute Gasteiger partial charge is 0.309 e. The lowest BCUT2D eigenvalue weighted by Gasteiger charge is -2.39. The van der Waals surface area contributed by atoms with E-state index in [4.69, 9.17) is 9.47 Å². The van der Waals surface area contributed by atoms with Crippen LogP contribution in [0.3, 0.4) is 0 Å². The van der Waals surface area contributed by atoms with Crippen molar-refractivity contribution in [2.75, 3.05) is 13.2 Å². The molecule has 1 aliphatic carbocycles. The van der Waals surface area contributed by atoms with Crippen LogP contribution in [0.15, 0.2) is 24.3 Å². The van der Waals surface area contributed by atoms with E-state index >= 15 is 0 Å². The zero-order chi connectivity index (χ0) is 15.6. The van der Waals surface area contributed by atoms with E-state index in [1.54, 1.807) is 0 Å². The highest BCUT2D eigenvalue weighted by molar-refractivity contribution is 5.72. The molecule has 1 fully saturated rings. The molecule has 0 saturated carbocycles. The maximum atomic E-state index is 12.4. The number of aryl methyl sites for hydroxylation is 1. The number of hydrogen-bond donors (Lipinski definition) is 0. The van der Waals surface area contributed by atoms with Crippen molar-refractivity contribution < 1.29 is 14.3 Å². The molecule has 3 rings (SSSR count). The summed E-state index contributed by atoms with van der Waals surface area (Å²) >= 11 is 0. The van der Waals surface area contributed by atoms with Gasteiger partial charge in [0.05, 0.1) is 12.5 Å². The first-order valence-corrected chi connectivity index (χ1v) is 8.52. The molecular weight excluding hydrogens is 276 g/mol. The third kappa shape index (κ3) is 2.79. The summed E-state index contributed by atoms with van der Waals surface area (Å²) in [5, 5.41) is 0. The monoisotopic (exact) mass is 302 g/mol. The van der Waals surface area contributed by atoms with E-state index in [9.17, 15) is 4.79 Å². The number of carbonyl (C=O) groups is 1. The van der Waals surface area contributed by atoms with Gasteiger partial charge in [-0.3, -0.25) is 4.79 Å². The van der Waals surface area contributed by atoms with Crippen LogP contribution in [0.2, 0.25) is 0 Å². The van der Waals surface area contributed by atoms with Gasteiger partial charge < -0.3 is 9.47 Å². The van der Waals surface area contributed by atoms with Gasteiger partial charge in [-0.1, -0.05) is 38.1 Å². The Kier molecular flexibility index (Phi) is 4.53. The molecule has 22 heavy (non-hydrogen) atoms. The van der Waals surface area contributed by atoms with Crippen molar-refractivity contribution in [3.63, 3.8) is 0 Å². The molecule has 1 saturated heterocycles. The fourth-order valence-corrected chi connectivity index (χ4v) is 3.80. The van der Waals surface area contributed by atoms with Crippen molar-refractivity contribution in [1.82, 2.24) is 0 Å². The Bertz CT molecular complexity index is 531. The predicted molar refractivity (Wildman–Crippen MR) is 85.5 cm³/mol. The van der Waals surface area contributed by atoms with Crippen molar-refractivity contribution in [2.45, 2.75) is 51.6 Å². The Morgan fingerprint density at radius 1 is 1.32 bits per heavy atom. The number of ether oxygens (including phenoxy) is 2. The lowest BCUT2D eigenvalue weighted by atomic mass is 9.76. The summed E-state index contributed by atoms with van der Waals surface area (Å²) in [5.41, 5.74) is 2.06. The average molecular weight is 302 g/mol. The summed E-state index contributed by atoms with van der Waals surface area (Å²) < 4.78 is 11.9. The Morgan fingerprint density at radius 3 is 2.86 bits per heavy atom. The standard InChI is InChI=1S/C19H26O3/c1-14(2)18(20)22-19(16-10-12-21-13-16)11-6-5-8-15-7-3-4-9-17(15)19/h3-4,7,9,14,16H,5-6,8,10-13H2,1-2H3. The predicted octanol–water partition coefficient (Wildman–Crippen LogP) is 3.84. The molecule has 3 nitrogen and oxygen atoms in total. The van der Waals surface area contributed by atoms with Gasteiger partial charge in [0.15, 0.2) is 0 Å². The van der Waals surface area contributed by atoms with Crippen LogP contribution in [0, 0.1) is 11.8 Å². The van der Waals surface area contributed by atoms with Crippen LogP contribution < -0.4 is 0 Å². The van der Waals surface area contributed by atoms with E-state index in [0.717, 1.165) is 38.7 Å². The van der Waals surface area contributed by atoms with Crippen LogP contribution >= 0.6 is 0 Å². The van der Waals surface area contributed by atoms with Crippen LogP contribution in [-0.4, -0.2) is 19.2 Å². The van der Waals surface area contributed by atoms with Crippen LogP contribution in [0.4, 0.5) is 0 Å². The van der Waals surface area contributed by atoms with E-state index in [1.807, 2.05) is 13.8 Å². The lowest BCUT2D eigenvalue weighted by Crippen LogP contribution is -2.41. The SMILES string of the molecule is CC(C)C(=O)OC1(C2CCOC2)CCCCc2ccccc21. The second-order valence-corrected chi connectivity index (χ2v) is 6.89. The van der Waals surface area contributed by atoms with Crippen molar-refractivity contribution in [2.24, 2.45) is 11.8 Å². The molecule has 2 aliphatic rings. The first-order valence-electron chi connectivity index (χ1n) is 8.52. The minimum Gasteiger partial charge on any atom is -0.454 e. The van der Waals surface area contributed by atoms with Gasteiger partial charge in [0, 0.05) is 12.5 Å². The third-order valence-corrected chi connectivity index (χ3v) is 5.06. The molecule has 2 atom stereocenters. The molecule has 3 heteroatoms. The summed E-state index contributed by atoms with van der Waals surface area (Å²) in [4.78, 5) is 12.4. The first-order chi connectivity index (χ1) is 10.6. The van der Waals surface area contributed by atoms with Crippen molar-refractivity contribution in [1.29, 1.82) is 0 Å². The molecule has 0 N–H and O–H groups in total. The van der Waals surface area contributed by atoms with Gasteiger partial charge in [-0.15, -0.1) is 0 Å². The largest absolute Gasteiger partial charge is 0.454 e. The molecule has 0 spiro atoms. The average Bonchev–Trinajstić information content (AvgIpc) is 2.99. The number of fused-ring (bicyclic) bond motifs is 1. The van der Waals surface area contributed by atoms with E-state index in [-0.39, 0.29) is 17.8 Å². The van der Waals surface area contributed by atoms with Crippen molar-refractivity contribution >= 4 is 5.97 Å².